The monoisotopic (exact) mass is 330 g/mol. The zero-order valence-corrected chi connectivity index (χ0v) is 14.5. The van der Waals surface area contributed by atoms with Gasteiger partial charge in [0.1, 0.15) is 5.78 Å². The fraction of sp³-hybridized carbons (Fsp3) is 0.632. The van der Waals surface area contributed by atoms with Gasteiger partial charge in [0, 0.05) is 49.7 Å². The molecule has 2 aliphatic rings. The standard InChI is InChI=1S/C19H26N2O3/c1-3-5-15(8-13(2)22)19(24)20-10-14-9-16(12-20)17-6-4-7-18(23)21(17)11-14/h4,6-7,14-16H,3,5,8-12H2,1-2H3. The third kappa shape index (κ3) is 3.30. The van der Waals surface area contributed by atoms with E-state index < -0.39 is 0 Å². The van der Waals surface area contributed by atoms with Crippen LogP contribution in [0.3, 0.4) is 0 Å². The van der Waals surface area contributed by atoms with Gasteiger partial charge in [0.05, 0.1) is 0 Å². The number of carbonyl (C=O) groups is 2. The van der Waals surface area contributed by atoms with Crippen LogP contribution < -0.4 is 5.56 Å². The lowest BCUT2D eigenvalue weighted by Crippen LogP contribution is -2.50. The summed E-state index contributed by atoms with van der Waals surface area (Å²) in [6, 6.07) is 5.43. The molecule has 1 aromatic heterocycles. The number of hydrogen-bond donors (Lipinski definition) is 0. The summed E-state index contributed by atoms with van der Waals surface area (Å²) >= 11 is 0. The molecule has 0 radical (unpaired) electrons. The van der Waals surface area contributed by atoms with E-state index in [1.54, 1.807) is 13.0 Å². The fourth-order valence-electron chi connectivity index (χ4n) is 4.34. The third-order valence-electron chi connectivity index (χ3n) is 5.31. The summed E-state index contributed by atoms with van der Waals surface area (Å²) in [6.07, 6.45) is 3.05. The molecule has 1 saturated heterocycles. The lowest BCUT2D eigenvalue weighted by Gasteiger charge is -2.43. The van der Waals surface area contributed by atoms with Crippen molar-refractivity contribution in [3.63, 3.8) is 0 Å². The van der Waals surface area contributed by atoms with Gasteiger partial charge >= 0.3 is 0 Å². The summed E-state index contributed by atoms with van der Waals surface area (Å²) in [7, 11) is 0. The Hall–Kier alpha value is -1.91. The molecule has 0 aliphatic carbocycles. The summed E-state index contributed by atoms with van der Waals surface area (Å²) in [5, 5.41) is 0. The molecule has 0 N–H and O–H groups in total. The Kier molecular flexibility index (Phi) is 4.88. The topological polar surface area (TPSA) is 59.4 Å². The normalized spacial score (nSPS) is 23.5. The van der Waals surface area contributed by atoms with Gasteiger partial charge in [-0.25, -0.2) is 0 Å². The molecule has 24 heavy (non-hydrogen) atoms. The van der Waals surface area contributed by atoms with Gasteiger partial charge in [-0.3, -0.25) is 9.59 Å². The number of rotatable bonds is 5. The smallest absolute Gasteiger partial charge is 0.250 e. The van der Waals surface area contributed by atoms with Crippen molar-refractivity contribution in [3.05, 3.63) is 34.2 Å². The third-order valence-corrected chi connectivity index (χ3v) is 5.31. The van der Waals surface area contributed by atoms with E-state index in [2.05, 4.69) is 0 Å². The Morgan fingerprint density at radius 2 is 2.04 bits per heavy atom. The molecule has 130 valence electrons. The highest BCUT2D eigenvalue weighted by Crippen LogP contribution is 2.35. The first-order valence-corrected chi connectivity index (χ1v) is 8.97. The number of piperidine rings is 1. The SMILES string of the molecule is CCCC(CC(C)=O)C(=O)N1CC2CC(C1)c1cccc(=O)n1C2. The first-order chi connectivity index (χ1) is 11.5. The molecule has 3 rings (SSSR count). The highest BCUT2D eigenvalue weighted by Gasteiger charge is 2.37. The number of pyridine rings is 1. The van der Waals surface area contributed by atoms with Gasteiger partial charge in [0.2, 0.25) is 5.91 Å². The van der Waals surface area contributed by atoms with E-state index in [9.17, 15) is 14.4 Å². The molecule has 0 saturated carbocycles. The van der Waals surface area contributed by atoms with Crippen LogP contribution in [0.5, 0.6) is 0 Å². The van der Waals surface area contributed by atoms with Crippen LogP contribution in [0.4, 0.5) is 0 Å². The molecule has 3 atom stereocenters. The number of hydrogen-bond acceptors (Lipinski definition) is 3. The second kappa shape index (κ2) is 6.91. The second-order valence-electron chi connectivity index (χ2n) is 7.33. The minimum absolute atomic E-state index is 0.0578. The zero-order valence-electron chi connectivity index (χ0n) is 14.5. The molecule has 1 aromatic rings. The maximum atomic E-state index is 12.9. The number of aromatic nitrogens is 1. The summed E-state index contributed by atoms with van der Waals surface area (Å²) in [4.78, 5) is 38.5. The zero-order chi connectivity index (χ0) is 17.3. The van der Waals surface area contributed by atoms with Crippen molar-refractivity contribution in [3.8, 4) is 0 Å². The molecule has 2 bridgehead atoms. The van der Waals surface area contributed by atoms with Crippen LogP contribution in [0.1, 0.15) is 51.1 Å². The van der Waals surface area contributed by atoms with Crippen LogP contribution in [-0.4, -0.2) is 34.2 Å². The van der Waals surface area contributed by atoms with Gasteiger partial charge in [-0.1, -0.05) is 19.4 Å². The summed E-state index contributed by atoms with van der Waals surface area (Å²) in [5.41, 5.74) is 1.11. The lowest BCUT2D eigenvalue weighted by atomic mass is 9.82. The van der Waals surface area contributed by atoms with Crippen LogP contribution in [0.15, 0.2) is 23.0 Å². The number of Topliss-reactive ketones (excluding diaryl/α,β-unsaturated/α-hetero) is 1. The van der Waals surface area contributed by atoms with Gasteiger partial charge < -0.3 is 14.3 Å². The maximum Gasteiger partial charge on any atom is 0.250 e. The fourth-order valence-corrected chi connectivity index (χ4v) is 4.34. The molecule has 0 aromatic carbocycles. The van der Waals surface area contributed by atoms with E-state index in [-0.39, 0.29) is 29.1 Å². The summed E-state index contributed by atoms with van der Waals surface area (Å²) < 4.78 is 1.87. The van der Waals surface area contributed by atoms with Crippen molar-refractivity contribution in [2.24, 2.45) is 11.8 Å². The quantitative estimate of drug-likeness (QED) is 0.831. The molecule has 2 aliphatic heterocycles. The number of nitrogens with zero attached hydrogens (tertiary/aromatic N) is 2. The predicted molar refractivity (Wildman–Crippen MR) is 91.8 cm³/mol. The molecule has 1 amide bonds. The van der Waals surface area contributed by atoms with Crippen molar-refractivity contribution >= 4 is 11.7 Å². The van der Waals surface area contributed by atoms with Gasteiger partial charge in [-0.05, 0) is 31.7 Å². The van der Waals surface area contributed by atoms with Crippen molar-refractivity contribution in [2.45, 2.75) is 52.0 Å². The maximum absolute atomic E-state index is 12.9. The Bertz CT molecular complexity index is 694. The number of amides is 1. The van der Waals surface area contributed by atoms with E-state index in [1.807, 2.05) is 28.5 Å². The van der Waals surface area contributed by atoms with Crippen LogP contribution in [-0.2, 0) is 16.1 Å². The molecule has 5 heteroatoms. The Morgan fingerprint density at radius 1 is 1.25 bits per heavy atom. The molecule has 3 unspecified atom stereocenters. The molecule has 3 heterocycles. The Morgan fingerprint density at radius 3 is 2.75 bits per heavy atom. The van der Waals surface area contributed by atoms with Gasteiger partial charge in [-0.2, -0.15) is 0 Å². The molecule has 5 nitrogen and oxygen atoms in total. The van der Waals surface area contributed by atoms with Gasteiger partial charge in [0.25, 0.3) is 5.56 Å². The molecular weight excluding hydrogens is 304 g/mol. The molecule has 0 spiro atoms. The first-order valence-electron chi connectivity index (χ1n) is 8.97. The van der Waals surface area contributed by atoms with Crippen LogP contribution in [0, 0.1) is 11.8 Å². The highest BCUT2D eigenvalue weighted by atomic mass is 16.2. The molecule has 1 fully saturated rings. The van der Waals surface area contributed by atoms with E-state index in [1.165, 1.54) is 0 Å². The largest absolute Gasteiger partial charge is 0.341 e. The number of carbonyl (C=O) groups excluding carboxylic acids is 2. The average Bonchev–Trinajstić information content (AvgIpc) is 2.54. The van der Waals surface area contributed by atoms with E-state index in [4.69, 9.17) is 0 Å². The summed E-state index contributed by atoms with van der Waals surface area (Å²) in [6.45, 7) is 5.67. The Labute approximate surface area is 142 Å². The molecular formula is C19H26N2O3. The predicted octanol–water partition coefficient (Wildman–Crippen LogP) is 2.19. The van der Waals surface area contributed by atoms with E-state index in [0.29, 0.717) is 32.0 Å². The van der Waals surface area contributed by atoms with Crippen molar-refractivity contribution in [1.29, 1.82) is 0 Å². The van der Waals surface area contributed by atoms with Gasteiger partial charge in [0.15, 0.2) is 0 Å². The van der Waals surface area contributed by atoms with Crippen molar-refractivity contribution in [1.82, 2.24) is 9.47 Å². The summed E-state index contributed by atoms with van der Waals surface area (Å²) in [5.74, 6) is 0.573. The second-order valence-corrected chi connectivity index (χ2v) is 7.33. The number of ketones is 1. The first kappa shape index (κ1) is 16.9. The van der Waals surface area contributed by atoms with Gasteiger partial charge in [-0.15, -0.1) is 0 Å². The number of fused-ring (bicyclic) bond motifs is 4. The van der Waals surface area contributed by atoms with Crippen LogP contribution in [0.2, 0.25) is 0 Å². The highest BCUT2D eigenvalue weighted by molar-refractivity contribution is 5.85. The van der Waals surface area contributed by atoms with Crippen LogP contribution in [0.25, 0.3) is 0 Å². The minimum atomic E-state index is -0.190. The van der Waals surface area contributed by atoms with E-state index in [0.717, 1.165) is 25.0 Å². The average molecular weight is 330 g/mol. The van der Waals surface area contributed by atoms with E-state index >= 15 is 0 Å². The Balaban J connectivity index is 1.79. The lowest BCUT2D eigenvalue weighted by molar-refractivity contribution is -0.140. The minimum Gasteiger partial charge on any atom is -0.341 e. The van der Waals surface area contributed by atoms with Crippen LogP contribution >= 0.6 is 0 Å². The number of likely N-dealkylation sites (tertiary alicyclic amines) is 1. The van der Waals surface area contributed by atoms with Crippen molar-refractivity contribution in [2.75, 3.05) is 13.1 Å². The van der Waals surface area contributed by atoms with Crippen molar-refractivity contribution < 1.29 is 9.59 Å².